The van der Waals surface area contributed by atoms with Gasteiger partial charge in [0, 0.05) is 39.9 Å². The number of ether oxygens (including phenoxy) is 2. The second kappa shape index (κ2) is 10.9. The Bertz CT molecular complexity index is 1760. The number of carbonyl (C=O) groups excluding carboxylic acids is 1. The van der Waals surface area contributed by atoms with Crippen LogP contribution in [0.1, 0.15) is 35.1 Å². The quantitative estimate of drug-likeness (QED) is 0.154. The maximum atomic E-state index is 15.3. The first kappa shape index (κ1) is 29.0. The SMILES string of the molecule is CCOC(=O)[C@H]1[C@@H]2Cc3cc(OCc4cc(-c5ccc(-c6ccc(Cl)cc6F)cc5F)c(C(F)(F)F)cc4F)ncc3[C@@H]21. The van der Waals surface area contributed by atoms with Crippen LogP contribution in [0, 0.1) is 29.3 Å². The molecule has 0 unspecified atom stereocenters. The van der Waals surface area contributed by atoms with Crippen LogP contribution in [-0.4, -0.2) is 17.6 Å². The Balaban J connectivity index is 1.26. The highest BCUT2D eigenvalue weighted by atomic mass is 35.5. The van der Waals surface area contributed by atoms with Crippen LogP contribution in [0.3, 0.4) is 0 Å². The van der Waals surface area contributed by atoms with Crippen LogP contribution in [0.5, 0.6) is 5.88 Å². The smallest absolute Gasteiger partial charge is 0.417 e. The molecule has 0 amide bonds. The van der Waals surface area contributed by atoms with E-state index in [1.165, 1.54) is 18.2 Å². The zero-order valence-electron chi connectivity index (χ0n) is 22.4. The van der Waals surface area contributed by atoms with E-state index in [2.05, 4.69) is 4.98 Å². The molecular weight excluding hydrogens is 596 g/mol. The van der Waals surface area contributed by atoms with Gasteiger partial charge in [0.15, 0.2) is 0 Å². The molecule has 4 aromatic rings. The summed E-state index contributed by atoms with van der Waals surface area (Å²) in [5.74, 6) is -3.11. The molecule has 222 valence electrons. The van der Waals surface area contributed by atoms with Gasteiger partial charge in [0.05, 0.1) is 18.1 Å². The van der Waals surface area contributed by atoms with Gasteiger partial charge in [-0.05, 0) is 77.9 Å². The minimum atomic E-state index is -4.99. The highest BCUT2D eigenvalue weighted by molar-refractivity contribution is 6.30. The van der Waals surface area contributed by atoms with Crippen LogP contribution in [0.15, 0.2) is 60.8 Å². The number of rotatable bonds is 7. The van der Waals surface area contributed by atoms with Gasteiger partial charge in [-0.25, -0.2) is 18.2 Å². The molecule has 2 aliphatic rings. The van der Waals surface area contributed by atoms with Crippen molar-refractivity contribution in [1.82, 2.24) is 4.98 Å². The molecule has 6 rings (SSSR count). The van der Waals surface area contributed by atoms with Gasteiger partial charge in [-0.3, -0.25) is 4.79 Å². The molecule has 1 saturated carbocycles. The third-order valence-electron chi connectivity index (χ3n) is 7.91. The number of alkyl halides is 3. The summed E-state index contributed by atoms with van der Waals surface area (Å²) < 4.78 is 97.1. The molecule has 0 N–H and O–H groups in total. The zero-order chi connectivity index (χ0) is 30.6. The predicted octanol–water partition coefficient (Wildman–Crippen LogP) is 8.53. The van der Waals surface area contributed by atoms with Crippen molar-refractivity contribution in [2.75, 3.05) is 6.61 Å². The van der Waals surface area contributed by atoms with E-state index in [-0.39, 0.29) is 51.3 Å². The fourth-order valence-corrected chi connectivity index (χ4v) is 6.03. The van der Waals surface area contributed by atoms with Crippen LogP contribution in [-0.2, 0) is 28.7 Å². The molecule has 1 fully saturated rings. The molecule has 1 aromatic heterocycles. The lowest BCUT2D eigenvalue weighted by molar-refractivity contribution is -0.145. The molecule has 0 aliphatic heterocycles. The normalized spacial score (nSPS) is 18.7. The lowest BCUT2D eigenvalue weighted by Crippen LogP contribution is -2.11. The van der Waals surface area contributed by atoms with Gasteiger partial charge < -0.3 is 9.47 Å². The first-order valence-corrected chi connectivity index (χ1v) is 13.8. The average Bonchev–Trinajstić information content (AvgIpc) is 3.53. The highest BCUT2D eigenvalue weighted by Crippen LogP contribution is 2.61. The van der Waals surface area contributed by atoms with Gasteiger partial charge in [0.25, 0.3) is 0 Å². The van der Waals surface area contributed by atoms with Crippen LogP contribution < -0.4 is 4.74 Å². The van der Waals surface area contributed by atoms with Crippen molar-refractivity contribution in [1.29, 1.82) is 0 Å². The van der Waals surface area contributed by atoms with Gasteiger partial charge in [-0.2, -0.15) is 13.2 Å². The number of fused-ring (bicyclic) bond motifs is 3. The molecule has 0 radical (unpaired) electrons. The number of hydrogen-bond acceptors (Lipinski definition) is 4. The van der Waals surface area contributed by atoms with Gasteiger partial charge in [0.1, 0.15) is 24.1 Å². The first-order valence-electron chi connectivity index (χ1n) is 13.4. The number of nitrogens with zero attached hydrogens (tertiary/aromatic N) is 1. The number of carbonyl (C=O) groups is 1. The number of halogens is 7. The number of aromatic nitrogens is 1. The van der Waals surface area contributed by atoms with Crippen molar-refractivity contribution >= 4 is 17.6 Å². The lowest BCUT2D eigenvalue weighted by Gasteiger charge is -2.17. The molecule has 0 bridgehead atoms. The topological polar surface area (TPSA) is 48.4 Å². The van der Waals surface area contributed by atoms with Crippen molar-refractivity contribution in [2.24, 2.45) is 11.8 Å². The third-order valence-corrected chi connectivity index (χ3v) is 8.15. The van der Waals surface area contributed by atoms with Crippen LogP contribution in [0.25, 0.3) is 22.3 Å². The summed E-state index contributed by atoms with van der Waals surface area (Å²) in [5.41, 5.74) is -0.730. The molecule has 2 aliphatic carbocycles. The van der Waals surface area contributed by atoms with E-state index in [0.29, 0.717) is 19.1 Å². The number of pyridine rings is 1. The van der Waals surface area contributed by atoms with Crippen molar-refractivity contribution in [3.63, 3.8) is 0 Å². The second-order valence-corrected chi connectivity index (χ2v) is 10.9. The fraction of sp³-hybridized carbons (Fsp3) is 0.250. The van der Waals surface area contributed by atoms with E-state index in [4.69, 9.17) is 21.1 Å². The summed E-state index contributed by atoms with van der Waals surface area (Å²) in [6, 6.07) is 9.90. The summed E-state index contributed by atoms with van der Waals surface area (Å²) in [4.78, 5) is 16.4. The largest absolute Gasteiger partial charge is 0.473 e. The molecule has 0 spiro atoms. The van der Waals surface area contributed by atoms with Crippen molar-refractivity contribution in [2.45, 2.75) is 32.0 Å². The molecule has 1 heterocycles. The number of benzene rings is 3. The van der Waals surface area contributed by atoms with E-state index in [1.54, 1.807) is 19.2 Å². The average molecular weight is 618 g/mol. The molecule has 3 atom stereocenters. The molecule has 4 nitrogen and oxygen atoms in total. The van der Waals surface area contributed by atoms with Gasteiger partial charge in [-0.15, -0.1) is 0 Å². The Labute approximate surface area is 247 Å². The summed E-state index contributed by atoms with van der Waals surface area (Å²) in [5, 5.41) is 0.128. The van der Waals surface area contributed by atoms with E-state index in [1.807, 2.05) is 0 Å². The van der Waals surface area contributed by atoms with Crippen LogP contribution in [0.4, 0.5) is 26.3 Å². The van der Waals surface area contributed by atoms with E-state index >= 15 is 4.39 Å². The minimum absolute atomic E-state index is 0.00894. The predicted molar refractivity (Wildman–Crippen MR) is 146 cm³/mol. The van der Waals surface area contributed by atoms with E-state index in [0.717, 1.165) is 35.4 Å². The van der Waals surface area contributed by atoms with Crippen molar-refractivity contribution < 1.29 is 40.6 Å². The Kier molecular flexibility index (Phi) is 7.36. The van der Waals surface area contributed by atoms with Crippen LogP contribution in [0.2, 0.25) is 5.02 Å². The molecular formula is C32H22ClF6NO3. The van der Waals surface area contributed by atoms with Crippen molar-refractivity contribution in [3.05, 3.63) is 106 Å². The second-order valence-electron chi connectivity index (χ2n) is 10.5. The lowest BCUT2D eigenvalue weighted by atomic mass is 9.94. The standard InChI is InChI=1S/C32H22ClF6NO3/c1-2-42-31(41)30-22-7-16-10-28(40-13-23(16)29(22)30)43-14-17-8-21(24(12-25(17)34)32(37,38)39)20-5-3-15(9-26(20)35)19-6-4-18(33)11-27(19)36/h3-6,8-13,22,29-30H,2,7,14H2,1H3/t22-,29-,30+/m1/s1. The van der Waals surface area contributed by atoms with Crippen LogP contribution >= 0.6 is 11.6 Å². The monoisotopic (exact) mass is 617 g/mol. The Morgan fingerprint density at radius 3 is 2.40 bits per heavy atom. The summed E-state index contributed by atoms with van der Waals surface area (Å²) in [6.07, 6.45) is -2.79. The minimum Gasteiger partial charge on any atom is -0.473 e. The summed E-state index contributed by atoms with van der Waals surface area (Å²) >= 11 is 5.77. The van der Waals surface area contributed by atoms with Gasteiger partial charge in [-0.1, -0.05) is 23.7 Å². The fourth-order valence-electron chi connectivity index (χ4n) is 5.87. The Morgan fingerprint density at radius 1 is 0.953 bits per heavy atom. The maximum Gasteiger partial charge on any atom is 0.417 e. The summed E-state index contributed by atoms with van der Waals surface area (Å²) in [7, 11) is 0. The zero-order valence-corrected chi connectivity index (χ0v) is 23.2. The molecule has 11 heteroatoms. The number of hydrogen-bond donors (Lipinski definition) is 0. The summed E-state index contributed by atoms with van der Waals surface area (Å²) in [6.45, 7) is 1.57. The van der Waals surface area contributed by atoms with Gasteiger partial charge in [0.2, 0.25) is 5.88 Å². The molecule has 3 aromatic carbocycles. The van der Waals surface area contributed by atoms with E-state index < -0.39 is 46.9 Å². The van der Waals surface area contributed by atoms with Gasteiger partial charge >= 0.3 is 12.1 Å². The third kappa shape index (κ3) is 5.44. The Hall–Kier alpha value is -4.05. The maximum absolute atomic E-state index is 15.3. The molecule has 0 saturated heterocycles. The molecule has 43 heavy (non-hydrogen) atoms. The number of esters is 1. The Morgan fingerprint density at radius 2 is 1.70 bits per heavy atom. The van der Waals surface area contributed by atoms with Crippen molar-refractivity contribution in [3.8, 4) is 28.1 Å². The first-order chi connectivity index (χ1) is 20.5. The van der Waals surface area contributed by atoms with E-state index in [9.17, 15) is 26.7 Å². The highest BCUT2D eigenvalue weighted by Gasteiger charge is 2.60.